The third-order valence-corrected chi connectivity index (χ3v) is 4.03. The Morgan fingerprint density at radius 3 is 2.06 bits per heavy atom. The van der Waals surface area contributed by atoms with E-state index in [1.54, 1.807) is 42.5 Å². The van der Waals surface area contributed by atoms with Crippen LogP contribution in [0.1, 0.15) is 12.5 Å². The third-order valence-electron chi connectivity index (χ3n) is 2.01. The van der Waals surface area contributed by atoms with Crippen LogP contribution >= 0.6 is 11.3 Å². The molecule has 0 saturated carbocycles. The van der Waals surface area contributed by atoms with Crippen molar-refractivity contribution >= 4 is 21.5 Å². The lowest BCUT2D eigenvalue weighted by Crippen LogP contribution is -2.05. The maximum Gasteiger partial charge on any atom is 0.296 e. The van der Waals surface area contributed by atoms with Crippen LogP contribution in [-0.4, -0.2) is 15.0 Å². The second-order valence-corrected chi connectivity index (χ2v) is 5.90. The highest BCUT2D eigenvalue weighted by molar-refractivity contribution is 7.86. The van der Waals surface area contributed by atoms with E-state index in [0.29, 0.717) is 0 Å². The summed E-state index contributed by atoms with van der Waals surface area (Å²) in [4.78, 5) is 0.208. The smallest absolute Gasteiger partial charge is 0.267 e. The number of hydrogen-bond acceptors (Lipinski definition) is 4. The minimum Gasteiger partial charge on any atom is -0.267 e. The molecule has 1 aromatic carbocycles. The first kappa shape index (κ1) is 14.9. The van der Waals surface area contributed by atoms with Crippen LogP contribution in [0.5, 0.6) is 0 Å². The number of thiophene rings is 1. The summed E-state index contributed by atoms with van der Waals surface area (Å²) >= 11 is 1.71. The van der Waals surface area contributed by atoms with Crippen LogP contribution in [-0.2, 0) is 14.3 Å². The molecule has 5 heteroatoms. The summed E-state index contributed by atoms with van der Waals surface area (Å²) in [6, 6.07) is 10.6. The van der Waals surface area contributed by atoms with Gasteiger partial charge in [0.2, 0.25) is 0 Å². The molecule has 18 heavy (non-hydrogen) atoms. The Labute approximate surface area is 112 Å². The summed E-state index contributed by atoms with van der Waals surface area (Å²) in [6.45, 7) is 3.71. The number of aryl methyl sites for hydroxylation is 1. The van der Waals surface area contributed by atoms with E-state index in [4.69, 9.17) is 0 Å². The quantitative estimate of drug-likeness (QED) is 0.811. The van der Waals surface area contributed by atoms with Crippen molar-refractivity contribution in [2.24, 2.45) is 0 Å². The molecule has 2 rings (SSSR count). The van der Waals surface area contributed by atoms with Crippen molar-refractivity contribution in [3.8, 4) is 0 Å². The van der Waals surface area contributed by atoms with Crippen molar-refractivity contribution in [1.82, 2.24) is 0 Å². The molecule has 1 aromatic heterocycles. The summed E-state index contributed by atoms with van der Waals surface area (Å²) in [7, 11) is -3.53. The van der Waals surface area contributed by atoms with Gasteiger partial charge in [-0.2, -0.15) is 19.8 Å². The molecule has 1 heterocycles. The van der Waals surface area contributed by atoms with Crippen molar-refractivity contribution in [3.05, 3.63) is 52.7 Å². The highest BCUT2D eigenvalue weighted by atomic mass is 32.2. The van der Waals surface area contributed by atoms with Gasteiger partial charge in [0, 0.05) is 0 Å². The van der Waals surface area contributed by atoms with Crippen molar-refractivity contribution in [3.63, 3.8) is 0 Å². The average Bonchev–Trinajstić information content (AvgIpc) is 2.88. The topological polar surface area (TPSA) is 43.4 Å². The van der Waals surface area contributed by atoms with E-state index in [0.717, 1.165) is 5.56 Å². The molecule has 0 bridgehead atoms. The van der Waals surface area contributed by atoms with Gasteiger partial charge in [-0.1, -0.05) is 29.8 Å². The van der Waals surface area contributed by atoms with Gasteiger partial charge in [-0.15, -0.1) is 0 Å². The van der Waals surface area contributed by atoms with E-state index in [-0.39, 0.29) is 11.5 Å². The fourth-order valence-electron chi connectivity index (χ4n) is 1.15. The van der Waals surface area contributed by atoms with Gasteiger partial charge in [-0.25, -0.2) is 0 Å². The highest BCUT2D eigenvalue weighted by Gasteiger charge is 2.12. The predicted octanol–water partition coefficient (Wildman–Crippen LogP) is 3.47. The van der Waals surface area contributed by atoms with Crippen molar-refractivity contribution in [2.75, 3.05) is 6.61 Å². The highest BCUT2D eigenvalue weighted by Crippen LogP contribution is 2.12. The minimum atomic E-state index is -3.53. The fraction of sp³-hybridized carbons (Fsp3) is 0.231. The van der Waals surface area contributed by atoms with Gasteiger partial charge in [-0.3, -0.25) is 4.18 Å². The molecule has 0 saturated heterocycles. The second kappa shape index (κ2) is 7.31. The summed E-state index contributed by atoms with van der Waals surface area (Å²) in [5, 5.41) is 4.08. The Morgan fingerprint density at radius 2 is 1.67 bits per heavy atom. The summed E-state index contributed by atoms with van der Waals surface area (Å²) < 4.78 is 27.3. The van der Waals surface area contributed by atoms with Gasteiger partial charge in [0.05, 0.1) is 11.5 Å². The van der Waals surface area contributed by atoms with E-state index in [2.05, 4.69) is 4.18 Å². The summed E-state index contributed by atoms with van der Waals surface area (Å²) in [6.07, 6.45) is 0. The lowest BCUT2D eigenvalue weighted by molar-refractivity contribution is 0.338. The predicted molar refractivity (Wildman–Crippen MR) is 74.3 cm³/mol. The van der Waals surface area contributed by atoms with Gasteiger partial charge < -0.3 is 0 Å². The fourth-order valence-corrected chi connectivity index (χ4v) is 2.52. The first-order chi connectivity index (χ1) is 8.56. The van der Waals surface area contributed by atoms with Gasteiger partial charge in [0.1, 0.15) is 0 Å². The van der Waals surface area contributed by atoms with Crippen LogP contribution < -0.4 is 0 Å². The van der Waals surface area contributed by atoms with Crippen LogP contribution in [0, 0.1) is 6.92 Å². The molecular weight excluding hydrogens is 268 g/mol. The van der Waals surface area contributed by atoms with Crippen LogP contribution in [0.3, 0.4) is 0 Å². The number of benzene rings is 1. The molecule has 0 unspecified atom stereocenters. The molecule has 0 aliphatic rings. The Balaban J connectivity index is 0.000000269. The van der Waals surface area contributed by atoms with Crippen LogP contribution in [0.4, 0.5) is 0 Å². The monoisotopic (exact) mass is 284 g/mol. The van der Waals surface area contributed by atoms with E-state index < -0.39 is 10.1 Å². The molecule has 0 spiro atoms. The number of rotatable bonds is 3. The first-order valence-corrected chi connectivity index (χ1v) is 7.84. The van der Waals surface area contributed by atoms with Gasteiger partial charge in [-0.05, 0) is 36.7 Å². The molecule has 0 N–H and O–H groups in total. The third kappa shape index (κ3) is 5.00. The molecule has 0 radical (unpaired) electrons. The van der Waals surface area contributed by atoms with E-state index in [1.165, 1.54) is 0 Å². The maximum absolute atomic E-state index is 11.3. The molecule has 3 nitrogen and oxygen atoms in total. The van der Waals surface area contributed by atoms with E-state index >= 15 is 0 Å². The largest absolute Gasteiger partial charge is 0.296 e. The first-order valence-electron chi connectivity index (χ1n) is 5.49. The summed E-state index contributed by atoms with van der Waals surface area (Å²) in [5.74, 6) is 0. The zero-order valence-electron chi connectivity index (χ0n) is 10.4. The van der Waals surface area contributed by atoms with Crippen LogP contribution in [0.15, 0.2) is 52.1 Å². The Hall–Kier alpha value is -1.17. The zero-order valence-corrected chi connectivity index (χ0v) is 12.0. The second-order valence-electron chi connectivity index (χ2n) is 3.47. The lowest BCUT2D eigenvalue weighted by Gasteiger charge is -2.02. The normalized spacial score (nSPS) is 10.6. The Kier molecular flexibility index (Phi) is 6.04. The van der Waals surface area contributed by atoms with Gasteiger partial charge >= 0.3 is 0 Å². The van der Waals surface area contributed by atoms with Crippen molar-refractivity contribution < 1.29 is 12.6 Å². The Bertz CT molecular complexity index is 511. The molecule has 0 aliphatic carbocycles. The maximum atomic E-state index is 11.3. The standard InChI is InChI=1S/C9H12O3S.C4H4S/c1-3-12-13(10,11)9-6-4-8(2)5-7-9;1-2-4-5-3-1/h4-7H,3H2,1-2H3;1-4H. The number of hydrogen-bond donors (Lipinski definition) is 0. The Morgan fingerprint density at radius 1 is 1.11 bits per heavy atom. The SMILES string of the molecule is CCOS(=O)(=O)c1ccc(C)cc1.c1ccsc1. The molecule has 98 valence electrons. The molecule has 2 aromatic rings. The molecule has 0 fully saturated rings. The van der Waals surface area contributed by atoms with Gasteiger partial charge in [0.25, 0.3) is 10.1 Å². The summed E-state index contributed by atoms with van der Waals surface area (Å²) in [5.41, 5.74) is 1.02. The molecule has 0 amide bonds. The zero-order chi connectivity index (χ0) is 13.4. The van der Waals surface area contributed by atoms with E-state index in [9.17, 15) is 8.42 Å². The van der Waals surface area contributed by atoms with Crippen molar-refractivity contribution in [2.45, 2.75) is 18.7 Å². The molecule has 0 atom stereocenters. The minimum absolute atomic E-state index is 0.163. The lowest BCUT2D eigenvalue weighted by atomic mass is 10.2. The average molecular weight is 284 g/mol. The van der Waals surface area contributed by atoms with Crippen molar-refractivity contribution in [1.29, 1.82) is 0 Å². The van der Waals surface area contributed by atoms with Crippen LogP contribution in [0.25, 0.3) is 0 Å². The molecular formula is C13H16O3S2. The van der Waals surface area contributed by atoms with Gasteiger partial charge in [0.15, 0.2) is 0 Å². The van der Waals surface area contributed by atoms with Crippen LogP contribution in [0.2, 0.25) is 0 Å². The molecule has 0 aliphatic heterocycles. The van der Waals surface area contributed by atoms with E-state index in [1.807, 2.05) is 29.8 Å².